The SMILES string of the molecule is Oc1ccc(C2(c3cccc(Br)c3)NC(=S)SC2=S)cc1. The van der Waals surface area contributed by atoms with E-state index in [1.165, 1.54) is 11.8 Å². The summed E-state index contributed by atoms with van der Waals surface area (Å²) in [4.78, 5) is 0. The van der Waals surface area contributed by atoms with Crippen molar-refractivity contribution in [1.29, 1.82) is 0 Å². The van der Waals surface area contributed by atoms with Gasteiger partial charge in [-0.3, -0.25) is 0 Å². The van der Waals surface area contributed by atoms with E-state index in [1.807, 2.05) is 36.4 Å². The molecule has 1 aliphatic heterocycles. The van der Waals surface area contributed by atoms with Crippen molar-refractivity contribution in [2.45, 2.75) is 5.54 Å². The van der Waals surface area contributed by atoms with Gasteiger partial charge in [-0.2, -0.15) is 0 Å². The maximum atomic E-state index is 9.52. The molecule has 1 saturated heterocycles. The predicted molar refractivity (Wildman–Crippen MR) is 99.0 cm³/mol. The molecule has 0 aromatic heterocycles. The van der Waals surface area contributed by atoms with Crippen LogP contribution in [0.2, 0.25) is 0 Å². The molecule has 3 rings (SSSR count). The molecule has 2 aromatic carbocycles. The summed E-state index contributed by atoms with van der Waals surface area (Å²) in [6.07, 6.45) is 0. The molecule has 1 unspecified atom stereocenters. The molecule has 1 heterocycles. The van der Waals surface area contributed by atoms with Crippen LogP contribution in [0.5, 0.6) is 5.75 Å². The van der Waals surface area contributed by atoms with E-state index in [-0.39, 0.29) is 5.75 Å². The van der Waals surface area contributed by atoms with Crippen molar-refractivity contribution in [2.75, 3.05) is 0 Å². The quantitative estimate of drug-likeness (QED) is 0.738. The number of hydrogen-bond acceptors (Lipinski definition) is 4. The Balaban J connectivity index is 2.23. The van der Waals surface area contributed by atoms with Crippen LogP contribution in [0.4, 0.5) is 0 Å². The second-order valence-corrected chi connectivity index (χ2v) is 7.88. The van der Waals surface area contributed by atoms with Gasteiger partial charge in [-0.15, -0.1) is 0 Å². The van der Waals surface area contributed by atoms with Crippen molar-refractivity contribution in [3.8, 4) is 5.75 Å². The van der Waals surface area contributed by atoms with Gasteiger partial charge in [-0.1, -0.05) is 76.4 Å². The molecule has 0 radical (unpaired) electrons. The van der Waals surface area contributed by atoms with Gasteiger partial charge in [0, 0.05) is 4.47 Å². The summed E-state index contributed by atoms with van der Waals surface area (Å²) < 4.78 is 2.40. The maximum absolute atomic E-state index is 9.52. The maximum Gasteiger partial charge on any atom is 0.140 e. The van der Waals surface area contributed by atoms with E-state index in [0.29, 0.717) is 4.32 Å². The number of halogens is 1. The first-order chi connectivity index (χ1) is 10.0. The van der Waals surface area contributed by atoms with Crippen molar-refractivity contribution in [3.05, 3.63) is 64.1 Å². The highest BCUT2D eigenvalue weighted by Crippen LogP contribution is 2.42. The molecule has 0 amide bonds. The summed E-state index contributed by atoms with van der Waals surface area (Å²) in [5.74, 6) is 0.224. The smallest absolute Gasteiger partial charge is 0.140 e. The van der Waals surface area contributed by atoms with E-state index in [4.69, 9.17) is 24.4 Å². The molecule has 0 bridgehead atoms. The molecule has 2 N–H and O–H groups in total. The number of nitrogens with one attached hydrogen (secondary N) is 1. The number of phenolic OH excluding ortho intramolecular Hbond substituents is 1. The van der Waals surface area contributed by atoms with E-state index in [2.05, 4.69) is 21.2 Å². The van der Waals surface area contributed by atoms with Crippen LogP contribution in [0.25, 0.3) is 0 Å². The Labute approximate surface area is 146 Å². The molecule has 1 atom stereocenters. The van der Waals surface area contributed by atoms with Crippen LogP contribution < -0.4 is 5.32 Å². The molecule has 6 heteroatoms. The average Bonchev–Trinajstić information content (AvgIpc) is 2.75. The first-order valence-electron chi connectivity index (χ1n) is 6.12. The second-order valence-electron chi connectivity index (χ2n) is 4.61. The number of thioether (sulfide) groups is 1. The van der Waals surface area contributed by atoms with Gasteiger partial charge >= 0.3 is 0 Å². The van der Waals surface area contributed by atoms with Crippen molar-refractivity contribution < 1.29 is 5.11 Å². The zero-order valence-corrected chi connectivity index (χ0v) is 14.7. The Morgan fingerprint density at radius 3 is 2.33 bits per heavy atom. The lowest BCUT2D eigenvalue weighted by Gasteiger charge is -2.30. The lowest BCUT2D eigenvalue weighted by Crippen LogP contribution is -2.43. The fraction of sp³-hybridized carbons (Fsp3) is 0.0667. The predicted octanol–water partition coefficient (Wildman–Crippen LogP) is 4.35. The fourth-order valence-corrected chi connectivity index (χ4v) is 4.68. The first-order valence-corrected chi connectivity index (χ1v) is 8.55. The molecular weight excluding hydrogens is 386 g/mol. The van der Waals surface area contributed by atoms with Crippen LogP contribution in [-0.4, -0.2) is 13.6 Å². The minimum absolute atomic E-state index is 0.224. The Bertz CT molecular complexity index is 732. The minimum Gasteiger partial charge on any atom is -0.508 e. The Hall–Kier alpha value is -0.950. The van der Waals surface area contributed by atoms with Crippen molar-refractivity contribution in [2.24, 2.45) is 0 Å². The van der Waals surface area contributed by atoms with Crippen LogP contribution in [0, 0.1) is 0 Å². The molecule has 1 fully saturated rings. The van der Waals surface area contributed by atoms with Crippen LogP contribution >= 0.6 is 52.1 Å². The van der Waals surface area contributed by atoms with Crippen LogP contribution in [0.1, 0.15) is 11.1 Å². The summed E-state index contributed by atoms with van der Waals surface area (Å²) in [6.45, 7) is 0. The summed E-state index contributed by atoms with van der Waals surface area (Å²) >= 11 is 15.8. The van der Waals surface area contributed by atoms with Gasteiger partial charge in [0.2, 0.25) is 0 Å². The van der Waals surface area contributed by atoms with Crippen molar-refractivity contribution >= 4 is 60.6 Å². The number of rotatable bonds is 2. The number of thiocarbonyl (C=S) groups is 2. The molecule has 0 spiro atoms. The Morgan fingerprint density at radius 2 is 1.76 bits per heavy atom. The first kappa shape index (κ1) is 15.0. The molecule has 2 nitrogen and oxygen atoms in total. The number of hydrogen-bond donors (Lipinski definition) is 2. The lowest BCUT2D eigenvalue weighted by atomic mass is 9.84. The van der Waals surface area contributed by atoms with Crippen LogP contribution in [0.3, 0.4) is 0 Å². The van der Waals surface area contributed by atoms with Crippen molar-refractivity contribution in [1.82, 2.24) is 5.32 Å². The monoisotopic (exact) mass is 395 g/mol. The van der Waals surface area contributed by atoms with Gasteiger partial charge in [0.25, 0.3) is 0 Å². The van der Waals surface area contributed by atoms with Crippen molar-refractivity contribution in [3.63, 3.8) is 0 Å². The standard InChI is InChI=1S/C15H10BrNOS3/c16-11-3-1-2-10(8-11)15(13(19)21-14(20)17-15)9-4-6-12(18)7-5-9/h1-8,18H,(H,17,20). The molecule has 21 heavy (non-hydrogen) atoms. The van der Waals surface area contributed by atoms with Gasteiger partial charge in [0.1, 0.15) is 15.6 Å². The summed E-state index contributed by atoms with van der Waals surface area (Å²) in [6, 6.07) is 15.0. The second kappa shape index (κ2) is 5.68. The van der Waals surface area contributed by atoms with E-state index in [9.17, 15) is 5.11 Å². The van der Waals surface area contributed by atoms with Gasteiger partial charge in [-0.05, 0) is 35.4 Å². The summed E-state index contributed by atoms with van der Waals surface area (Å²) in [5, 5.41) is 12.9. The van der Waals surface area contributed by atoms with Crippen LogP contribution in [-0.2, 0) is 5.54 Å². The third-order valence-corrected chi connectivity index (χ3v) is 5.52. The Kier molecular flexibility index (Phi) is 4.05. The molecule has 106 valence electrons. The average molecular weight is 396 g/mol. The van der Waals surface area contributed by atoms with E-state index >= 15 is 0 Å². The number of aromatic hydroxyl groups is 1. The van der Waals surface area contributed by atoms with Gasteiger partial charge in [-0.25, -0.2) is 0 Å². The molecule has 1 aliphatic rings. The normalized spacial score (nSPS) is 21.4. The van der Waals surface area contributed by atoms with Gasteiger partial charge in [0.15, 0.2) is 0 Å². The fourth-order valence-electron chi connectivity index (χ4n) is 2.37. The largest absolute Gasteiger partial charge is 0.508 e. The minimum atomic E-state index is -0.644. The zero-order chi connectivity index (χ0) is 15.0. The highest BCUT2D eigenvalue weighted by Gasteiger charge is 2.45. The Morgan fingerprint density at radius 1 is 1.05 bits per heavy atom. The van der Waals surface area contributed by atoms with Gasteiger partial charge < -0.3 is 10.4 Å². The molecule has 2 aromatic rings. The number of phenols is 1. The third kappa shape index (κ3) is 2.61. The van der Waals surface area contributed by atoms with Crippen LogP contribution in [0.15, 0.2) is 53.0 Å². The molecule has 0 aliphatic carbocycles. The third-order valence-electron chi connectivity index (χ3n) is 3.34. The highest BCUT2D eigenvalue weighted by molar-refractivity contribution is 9.10. The zero-order valence-electron chi connectivity index (χ0n) is 10.7. The van der Waals surface area contributed by atoms with E-state index in [0.717, 1.165) is 19.8 Å². The summed E-state index contributed by atoms with van der Waals surface area (Å²) in [7, 11) is 0. The summed E-state index contributed by atoms with van der Waals surface area (Å²) in [5.41, 5.74) is 1.32. The van der Waals surface area contributed by atoms with Gasteiger partial charge in [0.05, 0.1) is 4.20 Å². The lowest BCUT2D eigenvalue weighted by molar-refractivity contribution is 0.474. The molecule has 0 saturated carbocycles. The van der Waals surface area contributed by atoms with E-state index < -0.39 is 5.54 Å². The highest BCUT2D eigenvalue weighted by atomic mass is 79.9. The topological polar surface area (TPSA) is 32.3 Å². The van der Waals surface area contributed by atoms with E-state index in [1.54, 1.807) is 12.1 Å². The molecular formula is C15H10BrNOS3. The number of benzene rings is 2.